The topological polar surface area (TPSA) is 47.8 Å². The minimum atomic E-state index is -0.247. The summed E-state index contributed by atoms with van der Waals surface area (Å²) in [6.07, 6.45) is 0. The zero-order valence-corrected chi connectivity index (χ0v) is 7.39. The molecule has 0 aliphatic carbocycles. The molecule has 0 bridgehead atoms. The average molecular weight is 181 g/mol. The third-order valence-electron chi connectivity index (χ3n) is 1.61. The van der Waals surface area contributed by atoms with Crippen LogP contribution in [0.15, 0.2) is 16.5 Å². The smallest absolute Gasteiger partial charge is 0.265 e. The fourth-order valence-electron chi connectivity index (χ4n) is 0.959. The van der Waals surface area contributed by atoms with Gasteiger partial charge in [0.25, 0.3) is 5.56 Å². The largest absolute Gasteiger partial charge is 0.295 e. The van der Waals surface area contributed by atoms with Crippen molar-refractivity contribution < 1.29 is 0 Å². The Morgan fingerprint density at radius 1 is 1.67 bits per heavy atom. The Morgan fingerprint density at radius 2 is 2.42 bits per heavy atom. The van der Waals surface area contributed by atoms with Crippen LogP contribution < -0.4 is 5.56 Å². The Hall–Kier alpha value is -1.10. The van der Waals surface area contributed by atoms with Crippen molar-refractivity contribution in [3.05, 3.63) is 22.6 Å². The molecule has 0 atom stereocenters. The standard InChI is InChI=1S/C7H7N3OS/c1-4-3-12-7-8-6(11)5(2)9-10(4)7/h1,3H2,2H3. The quantitative estimate of drug-likeness (QED) is 0.585. The van der Waals surface area contributed by atoms with Gasteiger partial charge in [-0.2, -0.15) is 10.1 Å². The number of hydrogen-bond acceptors (Lipinski definition) is 4. The Bertz CT molecular complexity index is 410. The maximum Gasteiger partial charge on any atom is 0.295 e. The monoisotopic (exact) mass is 181 g/mol. The molecule has 2 rings (SSSR count). The lowest BCUT2D eigenvalue weighted by molar-refractivity contribution is 0.696. The minimum Gasteiger partial charge on any atom is -0.265 e. The van der Waals surface area contributed by atoms with Gasteiger partial charge in [0.05, 0.1) is 0 Å². The van der Waals surface area contributed by atoms with E-state index in [2.05, 4.69) is 16.7 Å². The molecule has 5 heteroatoms. The highest BCUT2D eigenvalue weighted by molar-refractivity contribution is 7.99. The van der Waals surface area contributed by atoms with E-state index >= 15 is 0 Å². The fraction of sp³-hybridized carbons (Fsp3) is 0.286. The zero-order chi connectivity index (χ0) is 8.72. The number of aryl methyl sites for hydroxylation is 1. The molecule has 62 valence electrons. The molecule has 0 saturated heterocycles. The van der Waals surface area contributed by atoms with Crippen LogP contribution in [-0.2, 0) is 0 Å². The van der Waals surface area contributed by atoms with Crippen molar-refractivity contribution in [3.8, 4) is 0 Å². The number of nitrogens with zero attached hydrogens (tertiary/aromatic N) is 3. The number of thioether (sulfide) groups is 1. The predicted molar refractivity (Wildman–Crippen MR) is 47.1 cm³/mol. The Balaban J connectivity index is 2.72. The molecule has 1 aliphatic rings. The molecule has 0 aromatic carbocycles. The number of aromatic nitrogens is 3. The molecule has 0 unspecified atom stereocenters. The van der Waals surface area contributed by atoms with Gasteiger partial charge in [-0.3, -0.25) is 4.79 Å². The van der Waals surface area contributed by atoms with Gasteiger partial charge < -0.3 is 0 Å². The summed E-state index contributed by atoms with van der Waals surface area (Å²) < 4.78 is 1.63. The third-order valence-corrected chi connectivity index (χ3v) is 2.61. The Morgan fingerprint density at radius 3 is 3.17 bits per heavy atom. The summed E-state index contributed by atoms with van der Waals surface area (Å²) in [5, 5.41) is 4.70. The molecule has 1 aromatic rings. The summed E-state index contributed by atoms with van der Waals surface area (Å²) in [6, 6.07) is 0. The first-order valence-electron chi connectivity index (χ1n) is 3.47. The summed E-state index contributed by atoms with van der Waals surface area (Å²) in [6.45, 7) is 5.46. The van der Waals surface area contributed by atoms with Crippen LogP contribution in [0.2, 0.25) is 0 Å². The molecule has 0 radical (unpaired) electrons. The highest BCUT2D eigenvalue weighted by Crippen LogP contribution is 2.26. The van der Waals surface area contributed by atoms with E-state index in [1.165, 1.54) is 11.8 Å². The van der Waals surface area contributed by atoms with E-state index in [0.29, 0.717) is 10.9 Å². The summed E-state index contributed by atoms with van der Waals surface area (Å²) in [7, 11) is 0. The van der Waals surface area contributed by atoms with Gasteiger partial charge in [0.2, 0.25) is 0 Å². The second-order valence-corrected chi connectivity index (χ2v) is 3.49. The summed E-state index contributed by atoms with van der Waals surface area (Å²) in [4.78, 5) is 14.9. The van der Waals surface area contributed by atoms with Crippen molar-refractivity contribution in [3.63, 3.8) is 0 Å². The molecule has 4 nitrogen and oxygen atoms in total. The normalized spacial score (nSPS) is 14.9. The molecular formula is C7H7N3OS. The molecule has 2 heterocycles. The van der Waals surface area contributed by atoms with Crippen molar-refractivity contribution in [2.24, 2.45) is 0 Å². The van der Waals surface area contributed by atoms with Crippen LogP contribution in [0.4, 0.5) is 0 Å². The lowest BCUT2D eigenvalue weighted by Gasteiger charge is -2.00. The van der Waals surface area contributed by atoms with Crippen LogP contribution in [0, 0.1) is 6.92 Å². The maximum atomic E-state index is 11.1. The van der Waals surface area contributed by atoms with Gasteiger partial charge in [-0.05, 0) is 6.92 Å². The van der Waals surface area contributed by atoms with Crippen molar-refractivity contribution in [1.29, 1.82) is 0 Å². The highest BCUT2D eigenvalue weighted by Gasteiger charge is 2.17. The van der Waals surface area contributed by atoms with Gasteiger partial charge in [0, 0.05) is 11.4 Å². The highest BCUT2D eigenvalue weighted by atomic mass is 32.2. The van der Waals surface area contributed by atoms with Gasteiger partial charge in [-0.1, -0.05) is 18.3 Å². The van der Waals surface area contributed by atoms with Crippen molar-refractivity contribution in [1.82, 2.24) is 14.8 Å². The Labute approximate surface area is 73.3 Å². The summed E-state index contributed by atoms with van der Waals surface area (Å²) in [5.74, 6) is 0.767. The second-order valence-electron chi connectivity index (χ2n) is 2.55. The van der Waals surface area contributed by atoms with E-state index < -0.39 is 0 Å². The summed E-state index contributed by atoms with van der Waals surface area (Å²) in [5.41, 5.74) is 1.05. The van der Waals surface area contributed by atoms with Gasteiger partial charge in [0.1, 0.15) is 5.69 Å². The first-order chi connectivity index (χ1) is 5.68. The molecule has 0 spiro atoms. The molecule has 1 aromatic heterocycles. The predicted octanol–water partition coefficient (Wildman–Crippen LogP) is 0.523. The van der Waals surface area contributed by atoms with Crippen molar-refractivity contribution >= 4 is 17.5 Å². The lowest BCUT2D eigenvalue weighted by Crippen LogP contribution is -2.17. The molecule has 0 saturated carbocycles. The first-order valence-corrected chi connectivity index (χ1v) is 4.46. The number of hydrogen-bond donors (Lipinski definition) is 0. The van der Waals surface area contributed by atoms with Gasteiger partial charge in [-0.15, -0.1) is 0 Å². The van der Waals surface area contributed by atoms with Crippen LogP contribution in [-0.4, -0.2) is 20.5 Å². The van der Waals surface area contributed by atoms with E-state index in [1.54, 1.807) is 11.6 Å². The maximum absolute atomic E-state index is 11.1. The van der Waals surface area contributed by atoms with Crippen molar-refractivity contribution in [2.75, 3.05) is 5.75 Å². The second kappa shape index (κ2) is 2.45. The van der Waals surface area contributed by atoms with E-state index in [1.807, 2.05) is 0 Å². The van der Waals surface area contributed by atoms with E-state index in [9.17, 15) is 4.79 Å². The molecule has 12 heavy (non-hydrogen) atoms. The number of fused-ring (bicyclic) bond motifs is 1. The van der Waals surface area contributed by atoms with Crippen LogP contribution in [0.25, 0.3) is 5.70 Å². The minimum absolute atomic E-state index is 0.247. The van der Waals surface area contributed by atoms with Crippen LogP contribution in [0.5, 0.6) is 0 Å². The van der Waals surface area contributed by atoms with Crippen LogP contribution in [0.3, 0.4) is 0 Å². The van der Waals surface area contributed by atoms with Gasteiger partial charge in [0.15, 0.2) is 5.16 Å². The van der Waals surface area contributed by atoms with Crippen LogP contribution >= 0.6 is 11.8 Å². The molecule has 0 amide bonds. The molecule has 1 aliphatic heterocycles. The van der Waals surface area contributed by atoms with Crippen molar-refractivity contribution in [2.45, 2.75) is 12.1 Å². The first kappa shape index (κ1) is 7.54. The molecule has 0 fully saturated rings. The lowest BCUT2D eigenvalue weighted by atomic mass is 10.5. The SMILES string of the molecule is C=C1CSc2nc(=O)c(C)nn21. The van der Waals surface area contributed by atoms with E-state index in [0.717, 1.165) is 11.4 Å². The summed E-state index contributed by atoms with van der Waals surface area (Å²) >= 11 is 1.49. The number of rotatable bonds is 0. The molecule has 0 N–H and O–H groups in total. The average Bonchev–Trinajstić information content (AvgIpc) is 2.35. The fourth-order valence-corrected chi connectivity index (χ4v) is 1.82. The van der Waals surface area contributed by atoms with Crippen LogP contribution in [0.1, 0.15) is 5.69 Å². The van der Waals surface area contributed by atoms with Gasteiger partial charge >= 0.3 is 0 Å². The van der Waals surface area contributed by atoms with E-state index in [-0.39, 0.29) is 5.56 Å². The third kappa shape index (κ3) is 0.972. The molecular weight excluding hydrogens is 174 g/mol. The van der Waals surface area contributed by atoms with Gasteiger partial charge in [-0.25, -0.2) is 4.68 Å². The zero-order valence-electron chi connectivity index (χ0n) is 6.57. The van der Waals surface area contributed by atoms with E-state index in [4.69, 9.17) is 0 Å². The Kier molecular flexibility index (Phi) is 1.54.